The minimum atomic E-state index is -3.38. The van der Waals surface area contributed by atoms with E-state index in [9.17, 15) is 13.2 Å². The van der Waals surface area contributed by atoms with Gasteiger partial charge in [0.1, 0.15) is 0 Å². The van der Waals surface area contributed by atoms with E-state index in [0.29, 0.717) is 5.69 Å². The summed E-state index contributed by atoms with van der Waals surface area (Å²) in [4.78, 5) is 16.2. The minimum absolute atomic E-state index is 0.128. The Balaban J connectivity index is 1.87. The first kappa shape index (κ1) is 19.1. The lowest BCUT2D eigenvalue weighted by atomic mass is 10.1. The second-order valence-corrected chi connectivity index (χ2v) is 7.92. The topological polar surface area (TPSA) is 79.4 Å². The van der Waals surface area contributed by atoms with Crippen LogP contribution >= 0.6 is 0 Å². The Hall–Kier alpha value is -2.25. The van der Waals surface area contributed by atoms with Crippen molar-refractivity contribution in [3.05, 3.63) is 65.5 Å². The summed E-state index contributed by atoms with van der Waals surface area (Å²) >= 11 is 0. The number of aromatic nitrogens is 1. The van der Waals surface area contributed by atoms with E-state index in [2.05, 4.69) is 10.3 Å². The zero-order valence-electron chi connectivity index (χ0n) is 14.5. The summed E-state index contributed by atoms with van der Waals surface area (Å²) in [5, 5.41) is 2.77. The van der Waals surface area contributed by atoms with Crippen molar-refractivity contribution >= 4 is 15.9 Å². The van der Waals surface area contributed by atoms with Gasteiger partial charge in [-0.15, -0.1) is 0 Å². The third-order valence-corrected chi connectivity index (χ3v) is 4.91. The lowest BCUT2D eigenvalue weighted by molar-refractivity contribution is -0.120. The van der Waals surface area contributed by atoms with E-state index in [-0.39, 0.29) is 32.0 Å². The minimum Gasteiger partial charge on any atom is -0.354 e. The number of hydrogen-bond donors (Lipinski definition) is 1. The molecule has 0 spiro atoms. The molecule has 0 radical (unpaired) electrons. The maximum atomic E-state index is 12.0. The molecule has 1 aromatic carbocycles. The predicted octanol–water partition coefficient (Wildman–Crippen LogP) is 1.51. The average molecular weight is 361 g/mol. The van der Waals surface area contributed by atoms with Gasteiger partial charge in [-0.2, -0.15) is 4.31 Å². The Morgan fingerprint density at radius 1 is 1.20 bits per heavy atom. The molecule has 1 aromatic heterocycles. The molecule has 0 saturated carbocycles. The van der Waals surface area contributed by atoms with Gasteiger partial charge in [0.25, 0.3) is 0 Å². The number of sulfonamides is 1. The van der Waals surface area contributed by atoms with Crippen molar-refractivity contribution in [3.63, 3.8) is 0 Å². The fraction of sp³-hybridized carbons (Fsp3) is 0.333. The van der Waals surface area contributed by atoms with Crippen molar-refractivity contribution in [3.8, 4) is 0 Å². The molecule has 1 amide bonds. The normalized spacial score (nSPS) is 11.5. The van der Waals surface area contributed by atoms with Crippen LogP contribution in [-0.2, 0) is 27.8 Å². The fourth-order valence-electron chi connectivity index (χ4n) is 2.42. The number of carbonyl (C=O) groups is 1. The summed E-state index contributed by atoms with van der Waals surface area (Å²) in [5.74, 6) is -0.128. The molecule has 1 N–H and O–H groups in total. The summed E-state index contributed by atoms with van der Waals surface area (Å²) < 4.78 is 25.2. The molecule has 0 atom stereocenters. The molecule has 0 saturated heterocycles. The third kappa shape index (κ3) is 6.64. The van der Waals surface area contributed by atoms with Gasteiger partial charge < -0.3 is 5.32 Å². The van der Waals surface area contributed by atoms with Crippen molar-refractivity contribution < 1.29 is 13.2 Å². The van der Waals surface area contributed by atoms with E-state index in [1.165, 1.54) is 4.31 Å². The highest BCUT2D eigenvalue weighted by Crippen LogP contribution is 2.06. The van der Waals surface area contributed by atoms with Crippen LogP contribution < -0.4 is 5.32 Å². The molecule has 0 unspecified atom stereocenters. The van der Waals surface area contributed by atoms with Gasteiger partial charge in [0.15, 0.2) is 0 Å². The van der Waals surface area contributed by atoms with Crippen molar-refractivity contribution in [1.82, 2.24) is 14.6 Å². The molecule has 0 fully saturated rings. The summed E-state index contributed by atoms with van der Waals surface area (Å²) in [5.41, 5.74) is 2.70. The third-order valence-electron chi connectivity index (χ3n) is 3.66. The Labute approximate surface area is 148 Å². The largest absolute Gasteiger partial charge is 0.354 e. The number of amides is 1. The highest BCUT2D eigenvalue weighted by atomic mass is 32.2. The van der Waals surface area contributed by atoms with E-state index in [0.717, 1.165) is 17.4 Å². The first-order chi connectivity index (χ1) is 11.8. The van der Waals surface area contributed by atoms with E-state index in [1.54, 1.807) is 18.3 Å². The van der Waals surface area contributed by atoms with E-state index >= 15 is 0 Å². The van der Waals surface area contributed by atoms with E-state index < -0.39 is 10.0 Å². The molecule has 1 heterocycles. The molecule has 2 rings (SSSR count). The summed E-state index contributed by atoms with van der Waals surface area (Å²) in [6.07, 6.45) is 3.06. The SMILES string of the molecule is Cc1cccc(CC(=O)NCCN(Cc2ccccn2)S(C)(=O)=O)c1. The molecule has 0 aliphatic heterocycles. The number of nitrogens with zero attached hydrogens (tertiary/aromatic N) is 2. The van der Waals surface area contributed by atoms with E-state index in [1.807, 2.05) is 37.3 Å². The second-order valence-electron chi connectivity index (χ2n) is 5.93. The summed E-state index contributed by atoms with van der Waals surface area (Å²) in [7, 11) is -3.38. The van der Waals surface area contributed by atoms with Crippen molar-refractivity contribution in [2.45, 2.75) is 19.9 Å². The highest BCUT2D eigenvalue weighted by molar-refractivity contribution is 7.88. The van der Waals surface area contributed by atoms with Crippen LogP contribution in [0.3, 0.4) is 0 Å². The van der Waals surface area contributed by atoms with Gasteiger partial charge in [0.2, 0.25) is 15.9 Å². The van der Waals surface area contributed by atoms with Crippen LogP contribution in [0.2, 0.25) is 0 Å². The first-order valence-electron chi connectivity index (χ1n) is 8.02. The number of rotatable bonds is 8. The standard InChI is InChI=1S/C18H23N3O3S/c1-15-6-5-7-16(12-15)13-18(22)20-10-11-21(25(2,23)24)14-17-8-3-4-9-19-17/h3-9,12H,10-11,13-14H2,1-2H3,(H,20,22). The molecule has 6 nitrogen and oxygen atoms in total. The monoisotopic (exact) mass is 361 g/mol. The van der Waals surface area contributed by atoms with Crippen molar-refractivity contribution in [2.24, 2.45) is 0 Å². The molecular formula is C18H23N3O3S. The van der Waals surface area contributed by atoms with Gasteiger partial charge in [0, 0.05) is 19.3 Å². The number of benzene rings is 1. The summed E-state index contributed by atoms with van der Waals surface area (Å²) in [6, 6.07) is 13.1. The molecule has 0 aliphatic rings. The van der Waals surface area contributed by atoms with Gasteiger partial charge in [-0.1, -0.05) is 35.9 Å². The number of hydrogen-bond acceptors (Lipinski definition) is 4. The van der Waals surface area contributed by atoms with Gasteiger partial charge in [-0.05, 0) is 24.6 Å². The molecule has 134 valence electrons. The van der Waals surface area contributed by atoms with Gasteiger partial charge in [-0.25, -0.2) is 8.42 Å². The number of nitrogens with one attached hydrogen (secondary N) is 1. The van der Waals surface area contributed by atoms with Gasteiger partial charge in [0.05, 0.1) is 24.9 Å². The zero-order chi connectivity index (χ0) is 18.3. The fourth-order valence-corrected chi connectivity index (χ4v) is 3.21. The van der Waals surface area contributed by atoms with E-state index in [4.69, 9.17) is 0 Å². The van der Waals surface area contributed by atoms with Crippen LogP contribution in [0.5, 0.6) is 0 Å². The van der Waals surface area contributed by atoms with Crippen LogP contribution in [-0.4, -0.2) is 43.0 Å². The van der Waals surface area contributed by atoms with Crippen LogP contribution in [0, 0.1) is 6.92 Å². The highest BCUT2D eigenvalue weighted by Gasteiger charge is 2.17. The molecule has 2 aromatic rings. The Morgan fingerprint density at radius 3 is 2.64 bits per heavy atom. The number of aryl methyl sites for hydroxylation is 1. The molecular weight excluding hydrogens is 338 g/mol. The number of carbonyl (C=O) groups excluding carboxylic acids is 1. The lowest BCUT2D eigenvalue weighted by Gasteiger charge is -2.19. The lowest BCUT2D eigenvalue weighted by Crippen LogP contribution is -2.38. The van der Waals surface area contributed by atoms with Crippen molar-refractivity contribution in [2.75, 3.05) is 19.3 Å². The second kappa shape index (κ2) is 8.73. The Morgan fingerprint density at radius 2 is 2.00 bits per heavy atom. The molecule has 0 aliphatic carbocycles. The maximum absolute atomic E-state index is 12.0. The summed E-state index contributed by atoms with van der Waals surface area (Å²) in [6.45, 7) is 2.62. The van der Waals surface area contributed by atoms with Gasteiger partial charge in [-0.3, -0.25) is 9.78 Å². The smallest absolute Gasteiger partial charge is 0.224 e. The van der Waals surface area contributed by atoms with Crippen LogP contribution in [0.4, 0.5) is 0 Å². The molecule has 25 heavy (non-hydrogen) atoms. The average Bonchev–Trinajstić information content (AvgIpc) is 2.54. The first-order valence-corrected chi connectivity index (χ1v) is 9.87. The zero-order valence-corrected chi connectivity index (χ0v) is 15.3. The molecule has 0 bridgehead atoms. The van der Waals surface area contributed by atoms with Crippen LogP contribution in [0.15, 0.2) is 48.7 Å². The predicted molar refractivity (Wildman–Crippen MR) is 97.4 cm³/mol. The quantitative estimate of drug-likeness (QED) is 0.773. The Kier molecular flexibility index (Phi) is 6.66. The molecule has 7 heteroatoms. The van der Waals surface area contributed by atoms with Gasteiger partial charge >= 0.3 is 0 Å². The number of pyridine rings is 1. The maximum Gasteiger partial charge on any atom is 0.224 e. The van der Waals surface area contributed by atoms with Crippen molar-refractivity contribution in [1.29, 1.82) is 0 Å². The Bertz CT molecular complexity index is 807. The van der Waals surface area contributed by atoms with Crippen LogP contribution in [0.25, 0.3) is 0 Å². The van der Waals surface area contributed by atoms with Crippen LogP contribution in [0.1, 0.15) is 16.8 Å².